The van der Waals surface area contributed by atoms with Crippen molar-refractivity contribution < 1.29 is 4.74 Å². The highest BCUT2D eigenvalue weighted by molar-refractivity contribution is 5.52. The molecule has 0 spiro atoms. The van der Waals surface area contributed by atoms with Crippen LogP contribution in [0.4, 0.5) is 5.69 Å². The fourth-order valence-electron chi connectivity index (χ4n) is 3.27. The van der Waals surface area contributed by atoms with Gasteiger partial charge in [-0.3, -0.25) is 9.88 Å². The van der Waals surface area contributed by atoms with Crippen LogP contribution in [0.2, 0.25) is 0 Å². The molecule has 3 rings (SSSR count). The van der Waals surface area contributed by atoms with Crippen molar-refractivity contribution in [2.75, 3.05) is 44.7 Å². The molecule has 0 atom stereocenters. The van der Waals surface area contributed by atoms with Crippen LogP contribution in [0.15, 0.2) is 48.8 Å². The lowest BCUT2D eigenvalue weighted by Crippen LogP contribution is -2.31. The van der Waals surface area contributed by atoms with Crippen molar-refractivity contribution in [3.63, 3.8) is 0 Å². The van der Waals surface area contributed by atoms with E-state index in [9.17, 15) is 0 Å². The number of anilines is 1. The minimum Gasteiger partial charge on any atom is -0.497 e. The van der Waals surface area contributed by atoms with Crippen LogP contribution < -0.4 is 9.64 Å². The van der Waals surface area contributed by atoms with Crippen LogP contribution >= 0.6 is 0 Å². The standard InChI is InChI=1S/C21H27N3O/c1-18-17-22-11-10-21(18)24-14-4-13-23(15-16-24)12-3-5-19-6-8-20(25-2)9-7-19/h3,5-11,17H,4,12-16H2,1-2H3/b5-3+. The molecule has 0 N–H and O–H groups in total. The van der Waals surface area contributed by atoms with E-state index in [-0.39, 0.29) is 0 Å². The lowest BCUT2D eigenvalue weighted by molar-refractivity contribution is 0.326. The summed E-state index contributed by atoms with van der Waals surface area (Å²) in [6.45, 7) is 7.56. The zero-order valence-electron chi connectivity index (χ0n) is 15.2. The number of pyridine rings is 1. The molecule has 1 saturated heterocycles. The Hall–Kier alpha value is -2.33. The van der Waals surface area contributed by atoms with Crippen LogP contribution in [0.5, 0.6) is 5.75 Å². The first-order valence-corrected chi connectivity index (χ1v) is 8.95. The Morgan fingerprint density at radius 3 is 2.68 bits per heavy atom. The average molecular weight is 337 g/mol. The summed E-state index contributed by atoms with van der Waals surface area (Å²) < 4.78 is 5.20. The van der Waals surface area contributed by atoms with E-state index in [4.69, 9.17) is 4.74 Å². The highest BCUT2D eigenvalue weighted by Gasteiger charge is 2.15. The average Bonchev–Trinajstić information content (AvgIpc) is 2.88. The fourth-order valence-corrected chi connectivity index (χ4v) is 3.27. The first-order chi connectivity index (χ1) is 12.3. The summed E-state index contributed by atoms with van der Waals surface area (Å²) in [5.41, 5.74) is 3.80. The molecule has 2 heterocycles. The monoisotopic (exact) mass is 337 g/mol. The summed E-state index contributed by atoms with van der Waals surface area (Å²) in [4.78, 5) is 9.22. The van der Waals surface area contributed by atoms with E-state index < -0.39 is 0 Å². The first kappa shape index (κ1) is 17.5. The number of aryl methyl sites for hydroxylation is 1. The predicted octanol–water partition coefficient (Wildman–Crippen LogP) is 3.62. The lowest BCUT2D eigenvalue weighted by Gasteiger charge is -2.24. The van der Waals surface area contributed by atoms with Gasteiger partial charge in [0.2, 0.25) is 0 Å². The minimum absolute atomic E-state index is 0.899. The molecular weight excluding hydrogens is 310 g/mol. The molecule has 1 aromatic heterocycles. The second-order valence-electron chi connectivity index (χ2n) is 6.48. The molecule has 0 aliphatic carbocycles. The highest BCUT2D eigenvalue weighted by Crippen LogP contribution is 2.20. The largest absolute Gasteiger partial charge is 0.497 e. The molecule has 25 heavy (non-hydrogen) atoms. The maximum Gasteiger partial charge on any atom is 0.118 e. The number of methoxy groups -OCH3 is 1. The SMILES string of the molecule is COc1ccc(/C=C/CN2CCCN(c3ccncc3C)CC2)cc1. The van der Waals surface area contributed by atoms with E-state index in [1.807, 2.05) is 24.5 Å². The number of ether oxygens (including phenoxy) is 1. The first-order valence-electron chi connectivity index (χ1n) is 8.95. The summed E-state index contributed by atoms with van der Waals surface area (Å²) >= 11 is 0. The van der Waals surface area contributed by atoms with Gasteiger partial charge in [-0.15, -0.1) is 0 Å². The number of benzene rings is 1. The van der Waals surface area contributed by atoms with Crippen LogP contribution in [-0.2, 0) is 0 Å². The van der Waals surface area contributed by atoms with E-state index in [0.29, 0.717) is 0 Å². The smallest absolute Gasteiger partial charge is 0.118 e. The van der Waals surface area contributed by atoms with E-state index in [1.165, 1.54) is 23.2 Å². The third-order valence-corrected chi connectivity index (χ3v) is 4.71. The van der Waals surface area contributed by atoms with Crippen molar-refractivity contribution >= 4 is 11.8 Å². The van der Waals surface area contributed by atoms with Crippen LogP contribution in [0.3, 0.4) is 0 Å². The zero-order valence-corrected chi connectivity index (χ0v) is 15.2. The van der Waals surface area contributed by atoms with Gasteiger partial charge in [0.25, 0.3) is 0 Å². The van der Waals surface area contributed by atoms with Crippen LogP contribution in [0, 0.1) is 6.92 Å². The van der Waals surface area contributed by atoms with Crippen molar-refractivity contribution in [2.24, 2.45) is 0 Å². The summed E-state index contributed by atoms with van der Waals surface area (Å²) in [5.74, 6) is 0.899. The zero-order chi connectivity index (χ0) is 17.5. The van der Waals surface area contributed by atoms with Gasteiger partial charge in [0.1, 0.15) is 5.75 Å². The van der Waals surface area contributed by atoms with E-state index >= 15 is 0 Å². The van der Waals surface area contributed by atoms with Gasteiger partial charge < -0.3 is 9.64 Å². The summed E-state index contributed by atoms with van der Waals surface area (Å²) in [7, 11) is 1.70. The third-order valence-electron chi connectivity index (χ3n) is 4.71. The van der Waals surface area contributed by atoms with Crippen molar-refractivity contribution in [1.82, 2.24) is 9.88 Å². The molecule has 0 radical (unpaired) electrons. The second kappa shape index (κ2) is 8.67. The Morgan fingerprint density at radius 2 is 1.92 bits per heavy atom. The molecule has 1 aromatic carbocycles. The van der Waals surface area contributed by atoms with Gasteiger partial charge in [0.15, 0.2) is 0 Å². The molecule has 0 amide bonds. The van der Waals surface area contributed by atoms with E-state index in [0.717, 1.165) is 38.5 Å². The van der Waals surface area contributed by atoms with Crippen LogP contribution in [-0.4, -0.2) is 49.7 Å². The molecule has 4 nitrogen and oxygen atoms in total. The van der Waals surface area contributed by atoms with Crippen molar-refractivity contribution in [3.8, 4) is 5.75 Å². The molecule has 132 valence electrons. The van der Waals surface area contributed by atoms with Crippen LogP contribution in [0.1, 0.15) is 17.5 Å². The van der Waals surface area contributed by atoms with Gasteiger partial charge in [-0.1, -0.05) is 24.3 Å². The summed E-state index contributed by atoms with van der Waals surface area (Å²) in [6, 6.07) is 10.3. The topological polar surface area (TPSA) is 28.6 Å². The number of nitrogens with zero attached hydrogens (tertiary/aromatic N) is 3. The molecule has 2 aromatic rings. The molecule has 0 unspecified atom stereocenters. The molecule has 4 heteroatoms. The van der Waals surface area contributed by atoms with Crippen LogP contribution in [0.25, 0.3) is 6.08 Å². The maximum absolute atomic E-state index is 5.20. The van der Waals surface area contributed by atoms with Gasteiger partial charge in [-0.25, -0.2) is 0 Å². The van der Waals surface area contributed by atoms with Gasteiger partial charge in [0, 0.05) is 50.8 Å². The number of rotatable bonds is 5. The van der Waals surface area contributed by atoms with E-state index in [2.05, 4.69) is 52.1 Å². The predicted molar refractivity (Wildman–Crippen MR) is 104 cm³/mol. The normalized spacial score (nSPS) is 16.2. The van der Waals surface area contributed by atoms with Gasteiger partial charge in [0.05, 0.1) is 7.11 Å². The molecule has 0 saturated carbocycles. The summed E-state index contributed by atoms with van der Waals surface area (Å²) in [5, 5.41) is 0. The quantitative estimate of drug-likeness (QED) is 0.833. The maximum atomic E-state index is 5.20. The third kappa shape index (κ3) is 4.83. The Labute approximate surface area is 150 Å². The van der Waals surface area contributed by atoms with Gasteiger partial charge in [-0.05, 0) is 42.7 Å². The number of aromatic nitrogens is 1. The highest BCUT2D eigenvalue weighted by atomic mass is 16.5. The molecule has 1 aliphatic rings. The Bertz CT molecular complexity index is 697. The minimum atomic E-state index is 0.899. The van der Waals surface area contributed by atoms with Crippen molar-refractivity contribution in [1.29, 1.82) is 0 Å². The number of hydrogen-bond donors (Lipinski definition) is 0. The Morgan fingerprint density at radius 1 is 1.08 bits per heavy atom. The second-order valence-corrected chi connectivity index (χ2v) is 6.48. The van der Waals surface area contributed by atoms with Crippen molar-refractivity contribution in [2.45, 2.75) is 13.3 Å². The molecular formula is C21H27N3O. The fraction of sp³-hybridized carbons (Fsp3) is 0.381. The summed E-state index contributed by atoms with van der Waals surface area (Å²) in [6.07, 6.45) is 9.49. The molecule has 1 fully saturated rings. The number of hydrogen-bond acceptors (Lipinski definition) is 4. The molecule has 1 aliphatic heterocycles. The lowest BCUT2D eigenvalue weighted by atomic mass is 10.2. The van der Waals surface area contributed by atoms with Crippen molar-refractivity contribution in [3.05, 3.63) is 59.9 Å². The van der Waals surface area contributed by atoms with E-state index in [1.54, 1.807) is 7.11 Å². The Balaban J connectivity index is 1.53. The van der Waals surface area contributed by atoms with Gasteiger partial charge >= 0.3 is 0 Å². The molecule has 0 bridgehead atoms. The van der Waals surface area contributed by atoms with Gasteiger partial charge in [-0.2, -0.15) is 0 Å². The Kier molecular flexibility index (Phi) is 6.07.